The summed E-state index contributed by atoms with van der Waals surface area (Å²) in [4.78, 5) is 29.5. The first-order chi connectivity index (χ1) is 17.3. The Labute approximate surface area is 218 Å². The van der Waals surface area contributed by atoms with Gasteiger partial charge in [0, 0.05) is 34.6 Å². The summed E-state index contributed by atoms with van der Waals surface area (Å²) >= 11 is 3.52. The Morgan fingerprint density at radius 2 is 2.03 bits per heavy atom. The maximum Gasteiger partial charge on any atom is 0.271 e. The van der Waals surface area contributed by atoms with Crippen LogP contribution >= 0.6 is 15.9 Å². The molecule has 1 fully saturated rings. The van der Waals surface area contributed by atoms with Gasteiger partial charge in [-0.15, -0.1) is 0 Å². The van der Waals surface area contributed by atoms with Gasteiger partial charge in [-0.2, -0.15) is 0 Å². The Bertz CT molecular complexity index is 1320. The summed E-state index contributed by atoms with van der Waals surface area (Å²) in [7, 11) is 3.21. The van der Waals surface area contributed by atoms with Gasteiger partial charge in [-0.1, -0.05) is 15.9 Å². The van der Waals surface area contributed by atoms with Gasteiger partial charge >= 0.3 is 0 Å². The molecule has 2 atom stereocenters. The molecule has 36 heavy (non-hydrogen) atoms. The third-order valence-corrected chi connectivity index (χ3v) is 7.71. The van der Waals surface area contributed by atoms with Crippen LogP contribution in [0.5, 0.6) is 11.5 Å². The number of fused-ring (bicyclic) bond motifs is 3. The van der Waals surface area contributed by atoms with E-state index in [0.29, 0.717) is 36.9 Å². The molecule has 0 bridgehead atoms. The van der Waals surface area contributed by atoms with E-state index < -0.39 is 5.54 Å². The van der Waals surface area contributed by atoms with Gasteiger partial charge in [-0.05, 0) is 56.2 Å². The quantitative estimate of drug-likeness (QED) is 0.474. The lowest BCUT2D eigenvalue weighted by molar-refractivity contribution is -0.133. The molecule has 9 heteroatoms. The molecule has 0 unspecified atom stereocenters. The number of carbonyl (C=O) groups is 2. The predicted molar refractivity (Wildman–Crippen MR) is 139 cm³/mol. The van der Waals surface area contributed by atoms with E-state index in [1.54, 1.807) is 19.1 Å². The van der Waals surface area contributed by atoms with Crippen molar-refractivity contribution in [1.82, 2.24) is 14.8 Å². The second-order valence-corrected chi connectivity index (χ2v) is 10.4. The molecule has 0 spiro atoms. The van der Waals surface area contributed by atoms with E-state index in [1.807, 2.05) is 54.0 Å². The highest BCUT2D eigenvalue weighted by Gasteiger charge is 2.48. The first kappa shape index (κ1) is 24.6. The van der Waals surface area contributed by atoms with E-state index in [-0.39, 0.29) is 24.5 Å². The average molecular weight is 556 g/mol. The lowest BCUT2D eigenvalue weighted by atomic mass is 9.93. The van der Waals surface area contributed by atoms with Crippen molar-refractivity contribution in [1.29, 1.82) is 0 Å². The largest absolute Gasteiger partial charge is 0.497 e. The number of rotatable bonds is 7. The molecule has 8 nitrogen and oxygen atoms in total. The number of nitrogens with one attached hydrogen (secondary N) is 1. The van der Waals surface area contributed by atoms with Gasteiger partial charge in [0.25, 0.3) is 5.91 Å². The van der Waals surface area contributed by atoms with Crippen molar-refractivity contribution in [3.8, 4) is 11.5 Å². The number of carbonyl (C=O) groups excluding carboxylic acids is 2. The van der Waals surface area contributed by atoms with E-state index in [4.69, 9.17) is 14.2 Å². The lowest BCUT2D eigenvalue weighted by Gasteiger charge is -2.44. The molecule has 1 N–H and O–H groups in total. The molecule has 2 amide bonds. The van der Waals surface area contributed by atoms with Crippen LogP contribution in [-0.2, 0) is 22.6 Å². The third kappa shape index (κ3) is 4.35. The second-order valence-electron chi connectivity index (χ2n) is 9.51. The van der Waals surface area contributed by atoms with E-state index in [1.165, 1.54) is 0 Å². The summed E-state index contributed by atoms with van der Waals surface area (Å²) in [6, 6.07) is 13.3. The zero-order valence-electron chi connectivity index (χ0n) is 20.7. The third-order valence-electron chi connectivity index (χ3n) is 7.21. The van der Waals surface area contributed by atoms with Crippen LogP contribution in [0.4, 0.5) is 0 Å². The maximum atomic E-state index is 14.0. The molecular weight excluding hydrogens is 526 g/mol. The summed E-state index contributed by atoms with van der Waals surface area (Å²) in [5.74, 6) is 0.926. The molecule has 2 aromatic carbocycles. The van der Waals surface area contributed by atoms with Gasteiger partial charge in [0.05, 0.1) is 38.9 Å². The van der Waals surface area contributed by atoms with Crippen LogP contribution in [0.25, 0.3) is 10.9 Å². The van der Waals surface area contributed by atoms with Gasteiger partial charge in [0.1, 0.15) is 22.7 Å². The van der Waals surface area contributed by atoms with Crippen molar-refractivity contribution < 1.29 is 23.8 Å². The lowest BCUT2D eigenvalue weighted by Crippen LogP contribution is -2.64. The maximum absolute atomic E-state index is 14.0. The van der Waals surface area contributed by atoms with Crippen LogP contribution in [0.3, 0.4) is 0 Å². The van der Waals surface area contributed by atoms with Gasteiger partial charge in [-0.25, -0.2) is 0 Å². The highest BCUT2D eigenvalue weighted by atomic mass is 79.9. The number of benzene rings is 2. The average Bonchev–Trinajstić information content (AvgIpc) is 3.53. The minimum absolute atomic E-state index is 0.00250. The number of halogens is 1. The first-order valence-corrected chi connectivity index (χ1v) is 12.8. The highest BCUT2D eigenvalue weighted by Crippen LogP contribution is 2.36. The molecule has 0 saturated carbocycles. The molecule has 0 aliphatic carbocycles. The molecule has 190 valence electrons. The Morgan fingerprint density at radius 1 is 1.19 bits per heavy atom. The van der Waals surface area contributed by atoms with Crippen molar-refractivity contribution in [2.45, 2.75) is 44.5 Å². The van der Waals surface area contributed by atoms with E-state index in [0.717, 1.165) is 33.8 Å². The number of hydrogen-bond acceptors (Lipinski definition) is 5. The Hall–Kier alpha value is -3.04. The number of aromatic nitrogens is 1. The molecule has 5 rings (SSSR count). The smallest absolute Gasteiger partial charge is 0.271 e. The van der Waals surface area contributed by atoms with Crippen molar-refractivity contribution in [2.75, 3.05) is 27.4 Å². The molecular formula is C27H30BrN3O5. The summed E-state index contributed by atoms with van der Waals surface area (Å²) in [6.45, 7) is 3.49. The highest BCUT2D eigenvalue weighted by molar-refractivity contribution is 9.10. The zero-order chi connectivity index (χ0) is 25.4. The SMILES string of the molecule is COc1ccc2cc3n(c2c1)C[C@](C)(C(=O)NC[C@@H]1CCCO1)N(Cc1cc(Br)ccc1OC)C3=O. The van der Waals surface area contributed by atoms with Crippen molar-refractivity contribution in [2.24, 2.45) is 0 Å². The molecule has 2 aliphatic rings. The fourth-order valence-corrected chi connectivity index (χ4v) is 5.56. The Kier molecular flexibility index (Phi) is 6.70. The minimum Gasteiger partial charge on any atom is -0.497 e. The number of hydrogen-bond donors (Lipinski definition) is 1. The minimum atomic E-state index is -1.15. The first-order valence-electron chi connectivity index (χ1n) is 12.1. The van der Waals surface area contributed by atoms with Crippen molar-refractivity contribution in [3.63, 3.8) is 0 Å². The van der Waals surface area contributed by atoms with E-state index >= 15 is 0 Å². The van der Waals surface area contributed by atoms with Crippen molar-refractivity contribution >= 4 is 38.6 Å². The van der Waals surface area contributed by atoms with Crippen LogP contribution in [-0.4, -0.2) is 60.3 Å². The summed E-state index contributed by atoms with van der Waals surface area (Å²) in [5, 5.41) is 3.99. The topological polar surface area (TPSA) is 82.0 Å². The van der Waals surface area contributed by atoms with E-state index in [2.05, 4.69) is 21.2 Å². The molecule has 3 aromatic rings. The van der Waals surface area contributed by atoms with Gasteiger partial charge in [-0.3, -0.25) is 9.59 Å². The Balaban J connectivity index is 1.56. The fraction of sp³-hybridized carbons (Fsp3) is 0.407. The van der Waals surface area contributed by atoms with E-state index in [9.17, 15) is 9.59 Å². The second kappa shape index (κ2) is 9.78. The number of amides is 2. The molecule has 0 radical (unpaired) electrons. The number of nitrogens with zero attached hydrogens (tertiary/aromatic N) is 2. The summed E-state index contributed by atoms with van der Waals surface area (Å²) in [6.07, 6.45) is 1.91. The van der Waals surface area contributed by atoms with Gasteiger partial charge in [0.2, 0.25) is 5.91 Å². The predicted octanol–water partition coefficient (Wildman–Crippen LogP) is 4.13. The summed E-state index contributed by atoms with van der Waals surface area (Å²) < 4.78 is 19.5. The summed E-state index contributed by atoms with van der Waals surface area (Å²) in [5.41, 5.74) is 1.06. The molecule has 3 heterocycles. The van der Waals surface area contributed by atoms with Gasteiger partial charge in [0.15, 0.2) is 0 Å². The monoisotopic (exact) mass is 555 g/mol. The van der Waals surface area contributed by atoms with Crippen LogP contribution < -0.4 is 14.8 Å². The normalized spacial score (nSPS) is 21.5. The van der Waals surface area contributed by atoms with Gasteiger partial charge < -0.3 is 29.0 Å². The van der Waals surface area contributed by atoms with Crippen LogP contribution in [0.1, 0.15) is 35.8 Å². The molecule has 2 aliphatic heterocycles. The molecule has 1 saturated heterocycles. The van der Waals surface area contributed by atoms with Crippen LogP contribution in [0, 0.1) is 0 Å². The van der Waals surface area contributed by atoms with Crippen LogP contribution in [0.15, 0.2) is 46.9 Å². The fourth-order valence-electron chi connectivity index (χ4n) is 5.15. The molecule has 1 aromatic heterocycles. The van der Waals surface area contributed by atoms with Crippen molar-refractivity contribution in [3.05, 3.63) is 58.2 Å². The van der Waals surface area contributed by atoms with Crippen LogP contribution in [0.2, 0.25) is 0 Å². The zero-order valence-corrected chi connectivity index (χ0v) is 22.3. The standard InChI is InChI=1S/C27H30BrN3O5/c1-27(26(33)29-14-21-5-4-10-36-21)16-30-22-13-20(34-2)8-6-17(22)12-23(30)25(32)31(27)15-18-11-19(28)7-9-24(18)35-3/h6-9,11-13,21H,4-5,10,14-16H2,1-3H3,(H,29,33)/t21-,27+/m0/s1. The number of methoxy groups -OCH3 is 2. The number of ether oxygens (including phenoxy) is 3. The Morgan fingerprint density at radius 3 is 2.75 bits per heavy atom.